The van der Waals surface area contributed by atoms with E-state index in [0.717, 1.165) is 22.4 Å². The Kier molecular flexibility index (Phi) is 7.11. The third-order valence-electron chi connectivity index (χ3n) is 4.58. The molecule has 0 bridgehead atoms. The van der Waals surface area contributed by atoms with Crippen LogP contribution in [0.1, 0.15) is 28.7 Å². The Bertz CT molecular complexity index is 801. The number of hydrogen-bond acceptors (Lipinski definition) is 4. The molecule has 0 heterocycles. The summed E-state index contributed by atoms with van der Waals surface area (Å²) >= 11 is 0. The molecule has 5 heteroatoms. The zero-order chi connectivity index (χ0) is 20.0. The summed E-state index contributed by atoms with van der Waals surface area (Å²) in [5.41, 5.74) is 4.36. The lowest BCUT2D eigenvalue weighted by atomic mass is 10.1. The predicted octanol–water partition coefficient (Wildman–Crippen LogP) is 4.06. The van der Waals surface area contributed by atoms with Gasteiger partial charge in [-0.3, -0.25) is 4.79 Å². The third-order valence-corrected chi connectivity index (χ3v) is 4.58. The highest BCUT2D eigenvalue weighted by Crippen LogP contribution is 2.30. The maximum Gasteiger partial charge on any atom is 0.226 e. The number of amides is 1. The summed E-state index contributed by atoms with van der Waals surface area (Å²) in [6, 6.07) is 9.88. The first-order chi connectivity index (χ1) is 12.8. The van der Waals surface area contributed by atoms with Gasteiger partial charge in [-0.2, -0.15) is 0 Å². The van der Waals surface area contributed by atoms with E-state index in [1.807, 2.05) is 45.0 Å². The van der Waals surface area contributed by atoms with E-state index in [-0.39, 0.29) is 5.91 Å². The molecule has 146 valence electrons. The second-order valence-corrected chi connectivity index (χ2v) is 6.75. The van der Waals surface area contributed by atoms with Crippen molar-refractivity contribution in [3.8, 4) is 17.2 Å². The minimum atomic E-state index is 0.0361. The van der Waals surface area contributed by atoms with Crippen LogP contribution in [-0.4, -0.2) is 38.7 Å². The highest BCUT2D eigenvalue weighted by Gasteiger charge is 2.14. The SMILES string of the molecule is COc1cc(C)c(CN(C)C(=O)CCOc2ccc(C)cc2C)cc1OC. The lowest BCUT2D eigenvalue weighted by Gasteiger charge is -2.20. The molecule has 0 atom stereocenters. The predicted molar refractivity (Wildman–Crippen MR) is 107 cm³/mol. The van der Waals surface area contributed by atoms with E-state index in [4.69, 9.17) is 14.2 Å². The molecule has 0 aromatic heterocycles. The summed E-state index contributed by atoms with van der Waals surface area (Å²) in [7, 11) is 5.02. The van der Waals surface area contributed by atoms with E-state index >= 15 is 0 Å². The van der Waals surface area contributed by atoms with Crippen LogP contribution in [0.15, 0.2) is 30.3 Å². The number of carbonyl (C=O) groups is 1. The van der Waals surface area contributed by atoms with E-state index in [0.29, 0.717) is 31.1 Å². The van der Waals surface area contributed by atoms with Gasteiger partial charge in [0, 0.05) is 13.6 Å². The molecule has 27 heavy (non-hydrogen) atoms. The second kappa shape index (κ2) is 9.31. The highest BCUT2D eigenvalue weighted by atomic mass is 16.5. The van der Waals surface area contributed by atoms with Crippen molar-refractivity contribution in [3.05, 3.63) is 52.6 Å². The summed E-state index contributed by atoms with van der Waals surface area (Å²) < 4.78 is 16.4. The Morgan fingerprint density at radius 1 is 0.926 bits per heavy atom. The Balaban J connectivity index is 1.93. The van der Waals surface area contributed by atoms with Crippen molar-refractivity contribution in [2.75, 3.05) is 27.9 Å². The molecular weight excluding hydrogens is 342 g/mol. The average Bonchev–Trinajstić information content (AvgIpc) is 2.64. The average molecular weight is 371 g/mol. The minimum absolute atomic E-state index is 0.0361. The van der Waals surface area contributed by atoms with Crippen LogP contribution in [0.25, 0.3) is 0 Å². The molecule has 2 rings (SSSR count). The van der Waals surface area contributed by atoms with Crippen LogP contribution in [-0.2, 0) is 11.3 Å². The Morgan fingerprint density at radius 2 is 1.59 bits per heavy atom. The van der Waals surface area contributed by atoms with Crippen LogP contribution in [0.4, 0.5) is 0 Å². The van der Waals surface area contributed by atoms with Crippen molar-refractivity contribution in [1.29, 1.82) is 0 Å². The Hall–Kier alpha value is -2.69. The molecular formula is C22H29NO4. The molecule has 0 aliphatic rings. The molecule has 0 fully saturated rings. The highest BCUT2D eigenvalue weighted by molar-refractivity contribution is 5.76. The van der Waals surface area contributed by atoms with Crippen molar-refractivity contribution in [3.63, 3.8) is 0 Å². The van der Waals surface area contributed by atoms with Gasteiger partial charge in [-0.05, 0) is 55.7 Å². The summed E-state index contributed by atoms with van der Waals surface area (Å²) in [6.07, 6.45) is 0.330. The van der Waals surface area contributed by atoms with E-state index in [2.05, 4.69) is 6.07 Å². The Labute approximate surface area is 161 Å². The number of benzene rings is 2. The lowest BCUT2D eigenvalue weighted by Crippen LogP contribution is -2.27. The van der Waals surface area contributed by atoms with Crippen LogP contribution in [0.3, 0.4) is 0 Å². The molecule has 0 saturated carbocycles. The smallest absolute Gasteiger partial charge is 0.226 e. The molecule has 2 aromatic carbocycles. The maximum absolute atomic E-state index is 12.5. The third kappa shape index (κ3) is 5.39. The molecule has 0 aliphatic carbocycles. The van der Waals surface area contributed by atoms with Crippen LogP contribution >= 0.6 is 0 Å². The largest absolute Gasteiger partial charge is 0.493 e. The summed E-state index contributed by atoms with van der Waals surface area (Å²) in [6.45, 7) is 6.92. The molecule has 1 amide bonds. The molecule has 0 aliphatic heterocycles. The van der Waals surface area contributed by atoms with Gasteiger partial charge < -0.3 is 19.1 Å². The van der Waals surface area contributed by atoms with Gasteiger partial charge in [-0.15, -0.1) is 0 Å². The lowest BCUT2D eigenvalue weighted by molar-refractivity contribution is -0.130. The van der Waals surface area contributed by atoms with Crippen LogP contribution in [0, 0.1) is 20.8 Å². The first-order valence-electron chi connectivity index (χ1n) is 9.01. The molecule has 0 unspecified atom stereocenters. The van der Waals surface area contributed by atoms with E-state index in [1.54, 1.807) is 26.2 Å². The summed E-state index contributed by atoms with van der Waals surface area (Å²) in [5, 5.41) is 0. The van der Waals surface area contributed by atoms with Crippen LogP contribution in [0.2, 0.25) is 0 Å². The van der Waals surface area contributed by atoms with Crippen LogP contribution in [0.5, 0.6) is 17.2 Å². The molecule has 0 radical (unpaired) electrons. The van der Waals surface area contributed by atoms with E-state index < -0.39 is 0 Å². The van der Waals surface area contributed by atoms with Gasteiger partial charge >= 0.3 is 0 Å². The minimum Gasteiger partial charge on any atom is -0.493 e. The molecule has 0 spiro atoms. The normalized spacial score (nSPS) is 10.4. The fraction of sp³-hybridized carbons (Fsp3) is 0.409. The maximum atomic E-state index is 12.5. The number of nitrogens with zero attached hydrogens (tertiary/aromatic N) is 1. The zero-order valence-corrected chi connectivity index (χ0v) is 17.1. The van der Waals surface area contributed by atoms with E-state index in [9.17, 15) is 4.79 Å². The van der Waals surface area contributed by atoms with Crippen molar-refractivity contribution >= 4 is 5.91 Å². The van der Waals surface area contributed by atoms with Gasteiger partial charge in [0.25, 0.3) is 0 Å². The number of hydrogen-bond donors (Lipinski definition) is 0. The van der Waals surface area contributed by atoms with Gasteiger partial charge in [0.1, 0.15) is 5.75 Å². The van der Waals surface area contributed by atoms with Crippen molar-refractivity contribution in [2.24, 2.45) is 0 Å². The number of rotatable bonds is 8. The zero-order valence-electron chi connectivity index (χ0n) is 17.1. The quantitative estimate of drug-likeness (QED) is 0.702. The topological polar surface area (TPSA) is 48.0 Å². The number of aryl methyl sites for hydroxylation is 3. The van der Waals surface area contributed by atoms with Gasteiger partial charge in [-0.25, -0.2) is 0 Å². The van der Waals surface area contributed by atoms with Gasteiger partial charge in [-0.1, -0.05) is 17.7 Å². The van der Waals surface area contributed by atoms with E-state index in [1.165, 1.54) is 5.56 Å². The van der Waals surface area contributed by atoms with Gasteiger partial charge in [0.2, 0.25) is 5.91 Å². The summed E-state index contributed by atoms with van der Waals surface area (Å²) in [5.74, 6) is 2.22. The summed E-state index contributed by atoms with van der Waals surface area (Å²) in [4.78, 5) is 14.2. The van der Waals surface area contributed by atoms with Gasteiger partial charge in [0.15, 0.2) is 11.5 Å². The number of ether oxygens (including phenoxy) is 3. The Morgan fingerprint density at radius 3 is 2.22 bits per heavy atom. The molecule has 0 N–H and O–H groups in total. The van der Waals surface area contributed by atoms with Crippen molar-refractivity contribution < 1.29 is 19.0 Å². The van der Waals surface area contributed by atoms with Crippen LogP contribution < -0.4 is 14.2 Å². The monoisotopic (exact) mass is 371 g/mol. The first kappa shape index (κ1) is 20.6. The van der Waals surface area contributed by atoms with Crippen molar-refractivity contribution in [1.82, 2.24) is 4.90 Å². The molecule has 0 saturated heterocycles. The standard InChI is InChI=1S/C22H29NO4/c1-15-7-8-19(17(3)11-15)27-10-9-22(24)23(4)14-18-13-21(26-6)20(25-5)12-16(18)2/h7-8,11-13H,9-10,14H2,1-6H3. The van der Waals surface area contributed by atoms with Crippen molar-refractivity contribution in [2.45, 2.75) is 33.7 Å². The first-order valence-corrected chi connectivity index (χ1v) is 9.01. The second-order valence-electron chi connectivity index (χ2n) is 6.75. The fourth-order valence-corrected chi connectivity index (χ4v) is 2.94. The molecule has 2 aromatic rings. The number of carbonyl (C=O) groups excluding carboxylic acids is 1. The molecule has 5 nitrogen and oxygen atoms in total. The van der Waals surface area contributed by atoms with Gasteiger partial charge in [0.05, 0.1) is 27.2 Å². The fourth-order valence-electron chi connectivity index (χ4n) is 2.94. The number of methoxy groups -OCH3 is 2.